The zero-order valence-electron chi connectivity index (χ0n) is 15.5. The quantitative estimate of drug-likeness (QED) is 0.326. The second-order valence-electron chi connectivity index (χ2n) is 7.34. The lowest BCUT2D eigenvalue weighted by Gasteiger charge is -2.26. The first-order valence-corrected chi connectivity index (χ1v) is 12.2. The van der Waals surface area contributed by atoms with Gasteiger partial charge in [-0.05, 0) is 24.2 Å². The van der Waals surface area contributed by atoms with Gasteiger partial charge in [-0.3, -0.25) is 0 Å². The molecule has 26 heavy (non-hydrogen) atoms. The predicted octanol–water partition coefficient (Wildman–Crippen LogP) is 4.23. The standard InChI is InChI=1S/C20H25FN2O2Si/c1-5-16-7-6-10-22-20(16)23(15-25-11-12-26(2,3)4)14-17-8-9-18(21)13-19(17)24/h1,6-10,13,24H,11-12,14-15H2,2-4H3. The van der Waals surface area contributed by atoms with Crippen LogP contribution >= 0.6 is 0 Å². The van der Waals surface area contributed by atoms with Gasteiger partial charge in [-0.15, -0.1) is 6.42 Å². The van der Waals surface area contributed by atoms with E-state index in [9.17, 15) is 9.50 Å². The van der Waals surface area contributed by atoms with Crippen molar-refractivity contribution in [3.63, 3.8) is 0 Å². The molecule has 1 aromatic carbocycles. The summed E-state index contributed by atoms with van der Waals surface area (Å²) in [5.41, 5.74) is 1.22. The maximum Gasteiger partial charge on any atom is 0.146 e. The topological polar surface area (TPSA) is 45.6 Å². The summed E-state index contributed by atoms with van der Waals surface area (Å²) in [6.07, 6.45) is 7.26. The molecule has 2 aromatic rings. The van der Waals surface area contributed by atoms with Gasteiger partial charge in [0, 0.05) is 32.5 Å². The number of nitrogens with zero attached hydrogens (tertiary/aromatic N) is 2. The normalized spacial score (nSPS) is 11.2. The number of hydrogen-bond acceptors (Lipinski definition) is 4. The van der Waals surface area contributed by atoms with Gasteiger partial charge in [-0.1, -0.05) is 31.6 Å². The molecule has 0 fully saturated rings. The van der Waals surface area contributed by atoms with Crippen LogP contribution in [0.2, 0.25) is 25.7 Å². The van der Waals surface area contributed by atoms with Crippen LogP contribution in [0.5, 0.6) is 5.75 Å². The molecule has 0 aliphatic carbocycles. The minimum atomic E-state index is -1.19. The van der Waals surface area contributed by atoms with Crippen LogP contribution in [0.1, 0.15) is 11.1 Å². The number of aromatic nitrogens is 1. The number of pyridine rings is 1. The van der Waals surface area contributed by atoms with Crippen LogP contribution in [-0.2, 0) is 11.3 Å². The number of phenolic OH excluding ortho intramolecular Hbond substituents is 1. The Kier molecular flexibility index (Phi) is 6.78. The fraction of sp³-hybridized carbons (Fsp3) is 0.350. The monoisotopic (exact) mass is 372 g/mol. The summed E-state index contributed by atoms with van der Waals surface area (Å²) in [5.74, 6) is 2.65. The van der Waals surface area contributed by atoms with Crippen molar-refractivity contribution in [2.24, 2.45) is 0 Å². The summed E-state index contributed by atoms with van der Waals surface area (Å²) in [5, 5.41) is 10.0. The van der Waals surface area contributed by atoms with E-state index in [0.717, 1.165) is 12.1 Å². The van der Waals surface area contributed by atoms with E-state index >= 15 is 0 Å². The Labute approximate surface area is 155 Å². The molecule has 0 spiro atoms. The molecule has 0 saturated heterocycles. The van der Waals surface area contributed by atoms with Gasteiger partial charge in [0.05, 0.1) is 12.1 Å². The summed E-state index contributed by atoms with van der Waals surface area (Å²) in [6, 6.07) is 8.60. The van der Waals surface area contributed by atoms with Gasteiger partial charge in [-0.2, -0.15) is 0 Å². The predicted molar refractivity (Wildman–Crippen MR) is 105 cm³/mol. The zero-order chi connectivity index (χ0) is 19.2. The first-order valence-electron chi connectivity index (χ1n) is 8.52. The van der Waals surface area contributed by atoms with Gasteiger partial charge in [0.15, 0.2) is 0 Å². The number of hydrogen-bond donors (Lipinski definition) is 1. The van der Waals surface area contributed by atoms with Crippen molar-refractivity contribution in [3.8, 4) is 18.1 Å². The Bertz CT molecular complexity index is 784. The molecule has 0 aliphatic rings. The van der Waals surface area contributed by atoms with Gasteiger partial charge < -0.3 is 14.7 Å². The van der Waals surface area contributed by atoms with Crippen LogP contribution in [-0.4, -0.2) is 31.5 Å². The number of rotatable bonds is 8. The van der Waals surface area contributed by atoms with Gasteiger partial charge in [0.25, 0.3) is 0 Å². The Morgan fingerprint density at radius 2 is 2.08 bits per heavy atom. The number of phenols is 1. The molecule has 2 rings (SSSR count). The van der Waals surface area contributed by atoms with Gasteiger partial charge in [-0.25, -0.2) is 9.37 Å². The fourth-order valence-corrected chi connectivity index (χ4v) is 3.13. The summed E-state index contributed by atoms with van der Waals surface area (Å²) in [6.45, 7) is 8.12. The third-order valence-corrected chi connectivity index (χ3v) is 5.60. The van der Waals surface area contributed by atoms with E-state index in [2.05, 4.69) is 30.5 Å². The third-order valence-electron chi connectivity index (χ3n) is 3.89. The molecule has 0 saturated carbocycles. The third kappa shape index (κ3) is 5.87. The Balaban J connectivity index is 2.19. The molecule has 4 nitrogen and oxygen atoms in total. The van der Waals surface area contributed by atoms with E-state index in [4.69, 9.17) is 11.2 Å². The molecule has 0 unspecified atom stereocenters. The molecule has 0 amide bonds. The van der Waals surface area contributed by atoms with Crippen molar-refractivity contribution in [1.29, 1.82) is 0 Å². The van der Waals surface area contributed by atoms with Gasteiger partial charge >= 0.3 is 0 Å². The van der Waals surface area contributed by atoms with E-state index in [1.807, 2.05) is 11.0 Å². The average molecular weight is 373 g/mol. The van der Waals surface area contributed by atoms with Crippen molar-refractivity contribution in [1.82, 2.24) is 4.98 Å². The first kappa shape index (κ1) is 20.0. The summed E-state index contributed by atoms with van der Waals surface area (Å²) < 4.78 is 19.1. The second kappa shape index (κ2) is 8.83. The lowest BCUT2D eigenvalue weighted by molar-refractivity contribution is 0.145. The van der Waals surface area contributed by atoms with Crippen LogP contribution < -0.4 is 4.90 Å². The smallest absolute Gasteiger partial charge is 0.146 e. The van der Waals surface area contributed by atoms with Crippen LogP contribution in [0, 0.1) is 18.2 Å². The van der Waals surface area contributed by atoms with Crippen molar-refractivity contribution < 1.29 is 14.2 Å². The minimum Gasteiger partial charge on any atom is -0.507 e. The molecule has 6 heteroatoms. The van der Waals surface area contributed by atoms with Crippen molar-refractivity contribution >= 4 is 13.9 Å². The Hall–Kier alpha value is -2.36. The SMILES string of the molecule is C#Cc1cccnc1N(COCC[Si](C)(C)C)Cc1ccc(F)cc1O. The maximum atomic E-state index is 13.3. The number of ether oxygens (including phenoxy) is 1. The summed E-state index contributed by atoms with van der Waals surface area (Å²) in [7, 11) is -1.19. The first-order chi connectivity index (χ1) is 12.3. The minimum absolute atomic E-state index is 0.102. The lowest BCUT2D eigenvalue weighted by atomic mass is 10.1. The lowest BCUT2D eigenvalue weighted by Crippen LogP contribution is -2.29. The summed E-state index contributed by atoms with van der Waals surface area (Å²) >= 11 is 0. The average Bonchev–Trinajstić information content (AvgIpc) is 2.58. The molecule has 0 bridgehead atoms. The van der Waals surface area contributed by atoms with Crippen LogP contribution in [0.25, 0.3) is 0 Å². The number of benzene rings is 1. The second-order valence-corrected chi connectivity index (χ2v) is 13.0. The van der Waals surface area contributed by atoms with E-state index < -0.39 is 13.9 Å². The number of aromatic hydroxyl groups is 1. The maximum absolute atomic E-state index is 13.3. The van der Waals surface area contributed by atoms with Crippen LogP contribution in [0.15, 0.2) is 36.5 Å². The number of halogens is 1. The van der Waals surface area contributed by atoms with Crippen molar-refractivity contribution in [3.05, 3.63) is 53.5 Å². The molecule has 0 radical (unpaired) electrons. The Morgan fingerprint density at radius 1 is 1.31 bits per heavy atom. The van der Waals surface area contributed by atoms with Crippen LogP contribution in [0.3, 0.4) is 0 Å². The molecule has 1 N–H and O–H groups in total. The highest BCUT2D eigenvalue weighted by atomic mass is 28.3. The summed E-state index contributed by atoms with van der Waals surface area (Å²) in [4.78, 5) is 6.23. The molecule has 0 aliphatic heterocycles. The van der Waals surface area contributed by atoms with E-state index in [-0.39, 0.29) is 12.5 Å². The zero-order valence-corrected chi connectivity index (χ0v) is 16.5. The molecular formula is C20H25FN2O2Si. The highest BCUT2D eigenvalue weighted by Crippen LogP contribution is 2.24. The molecule has 1 aromatic heterocycles. The van der Waals surface area contributed by atoms with Gasteiger partial charge in [0.1, 0.15) is 24.1 Å². The Morgan fingerprint density at radius 3 is 2.73 bits per heavy atom. The fourth-order valence-electron chi connectivity index (χ4n) is 2.37. The van der Waals surface area contributed by atoms with E-state index in [1.54, 1.807) is 18.3 Å². The molecule has 1 heterocycles. The molecule has 0 atom stereocenters. The van der Waals surface area contributed by atoms with Gasteiger partial charge in [0.2, 0.25) is 0 Å². The number of terminal acetylenes is 1. The molecular weight excluding hydrogens is 347 g/mol. The molecule has 138 valence electrons. The van der Waals surface area contributed by atoms with Crippen molar-refractivity contribution in [2.75, 3.05) is 18.2 Å². The highest BCUT2D eigenvalue weighted by molar-refractivity contribution is 6.76. The van der Waals surface area contributed by atoms with E-state index in [0.29, 0.717) is 30.1 Å². The highest BCUT2D eigenvalue weighted by Gasteiger charge is 2.16. The number of anilines is 1. The largest absolute Gasteiger partial charge is 0.507 e. The van der Waals surface area contributed by atoms with Crippen molar-refractivity contribution in [2.45, 2.75) is 32.2 Å². The van der Waals surface area contributed by atoms with E-state index in [1.165, 1.54) is 6.07 Å². The van der Waals surface area contributed by atoms with Crippen LogP contribution in [0.4, 0.5) is 10.2 Å².